The zero-order chi connectivity index (χ0) is 13.0. The Kier molecular flexibility index (Phi) is 4.57. The Labute approximate surface area is 117 Å². The van der Waals surface area contributed by atoms with Crippen molar-refractivity contribution < 1.29 is 9.53 Å². The third kappa shape index (κ3) is 3.44. The van der Waals surface area contributed by atoms with Crippen LogP contribution in [-0.4, -0.2) is 22.8 Å². The van der Waals surface area contributed by atoms with E-state index in [9.17, 15) is 4.79 Å². The molecule has 0 amide bonds. The van der Waals surface area contributed by atoms with Gasteiger partial charge in [0.15, 0.2) is 4.34 Å². The van der Waals surface area contributed by atoms with Crippen LogP contribution < -0.4 is 0 Å². The van der Waals surface area contributed by atoms with E-state index in [0.29, 0.717) is 16.0 Å². The Morgan fingerprint density at radius 1 is 1.39 bits per heavy atom. The summed E-state index contributed by atoms with van der Waals surface area (Å²) in [7, 11) is 0. The molecule has 7 heteroatoms. The smallest absolute Gasteiger partial charge is 0.369 e. The first-order chi connectivity index (χ1) is 8.69. The van der Waals surface area contributed by atoms with Crippen molar-refractivity contribution in [1.82, 2.24) is 10.2 Å². The molecule has 0 saturated heterocycles. The lowest BCUT2D eigenvalue weighted by Gasteiger charge is -1.96. The van der Waals surface area contributed by atoms with E-state index in [1.54, 1.807) is 19.1 Å². The summed E-state index contributed by atoms with van der Waals surface area (Å²) < 4.78 is 5.54. The minimum atomic E-state index is -0.432. The van der Waals surface area contributed by atoms with Crippen molar-refractivity contribution >= 4 is 40.7 Å². The predicted molar refractivity (Wildman–Crippen MR) is 71.4 cm³/mol. The summed E-state index contributed by atoms with van der Waals surface area (Å²) in [6.07, 6.45) is 0. The summed E-state index contributed by atoms with van der Waals surface area (Å²) in [5.41, 5.74) is 0. The topological polar surface area (TPSA) is 52.1 Å². The third-order valence-electron chi connectivity index (χ3n) is 1.88. The Bertz CT molecular complexity index is 542. The maximum Gasteiger partial charge on any atom is 0.369 e. The Balaban J connectivity index is 2.06. The van der Waals surface area contributed by atoms with Crippen molar-refractivity contribution in [3.8, 4) is 0 Å². The number of hydrogen-bond donors (Lipinski definition) is 0. The molecule has 2 rings (SSSR count). The van der Waals surface area contributed by atoms with Gasteiger partial charge in [0.2, 0.25) is 5.01 Å². The van der Waals surface area contributed by atoms with Crippen LogP contribution in [0.4, 0.5) is 0 Å². The summed E-state index contributed by atoms with van der Waals surface area (Å²) in [6.45, 7) is 2.08. The highest BCUT2D eigenvalue weighted by Crippen LogP contribution is 2.30. The van der Waals surface area contributed by atoms with Gasteiger partial charge in [-0.15, -0.1) is 10.2 Å². The molecule has 0 atom stereocenters. The molecule has 94 valence electrons. The Morgan fingerprint density at radius 3 is 2.78 bits per heavy atom. The molecule has 0 fully saturated rings. The first-order valence-corrected chi connectivity index (χ1v) is 7.14. The van der Waals surface area contributed by atoms with Gasteiger partial charge < -0.3 is 4.74 Å². The first kappa shape index (κ1) is 13.3. The maximum absolute atomic E-state index is 11.4. The minimum absolute atomic E-state index is 0.272. The summed E-state index contributed by atoms with van der Waals surface area (Å²) >= 11 is 8.44. The molecule has 0 unspecified atom stereocenters. The molecule has 0 saturated carbocycles. The van der Waals surface area contributed by atoms with Crippen molar-refractivity contribution in [2.75, 3.05) is 6.61 Å². The van der Waals surface area contributed by atoms with E-state index in [1.807, 2.05) is 12.1 Å². The number of carbonyl (C=O) groups excluding carboxylic acids is 1. The predicted octanol–water partition coefficient (Wildman–Crippen LogP) is 3.52. The fourth-order valence-electron chi connectivity index (χ4n) is 1.13. The van der Waals surface area contributed by atoms with Crippen LogP contribution in [0.25, 0.3) is 0 Å². The van der Waals surface area contributed by atoms with Gasteiger partial charge in [0.25, 0.3) is 0 Å². The van der Waals surface area contributed by atoms with Gasteiger partial charge in [0.05, 0.1) is 6.61 Å². The second-order valence-corrected chi connectivity index (χ2v) is 5.88. The van der Waals surface area contributed by atoms with E-state index < -0.39 is 5.97 Å². The second-order valence-electron chi connectivity index (χ2n) is 3.15. The number of esters is 1. The van der Waals surface area contributed by atoms with Crippen LogP contribution in [0.2, 0.25) is 5.02 Å². The van der Waals surface area contributed by atoms with Gasteiger partial charge in [-0.1, -0.05) is 34.7 Å². The van der Waals surface area contributed by atoms with Crippen LogP contribution in [0.3, 0.4) is 0 Å². The maximum atomic E-state index is 11.4. The van der Waals surface area contributed by atoms with Crippen LogP contribution in [0.5, 0.6) is 0 Å². The van der Waals surface area contributed by atoms with E-state index in [4.69, 9.17) is 16.3 Å². The SMILES string of the molecule is CCOC(=O)c1nnc(Sc2ccc(Cl)cc2)s1. The van der Waals surface area contributed by atoms with Crippen molar-refractivity contribution in [3.63, 3.8) is 0 Å². The molecule has 0 aliphatic heterocycles. The molecular weight excluding hydrogens is 292 g/mol. The van der Waals surface area contributed by atoms with E-state index in [0.717, 1.165) is 4.90 Å². The standard InChI is InChI=1S/C11H9ClN2O2S2/c1-2-16-10(15)9-13-14-11(18-9)17-8-5-3-7(12)4-6-8/h3-6H,2H2,1H3. The molecule has 1 heterocycles. The van der Waals surface area contributed by atoms with Gasteiger partial charge in [-0.25, -0.2) is 4.79 Å². The van der Waals surface area contributed by atoms with Crippen molar-refractivity contribution in [3.05, 3.63) is 34.3 Å². The molecule has 0 N–H and O–H groups in total. The third-order valence-corrected chi connectivity index (χ3v) is 4.09. The van der Waals surface area contributed by atoms with E-state index in [2.05, 4.69) is 10.2 Å². The minimum Gasteiger partial charge on any atom is -0.461 e. The highest BCUT2D eigenvalue weighted by Gasteiger charge is 2.14. The van der Waals surface area contributed by atoms with Crippen molar-refractivity contribution in [2.45, 2.75) is 16.2 Å². The van der Waals surface area contributed by atoms with Crippen molar-refractivity contribution in [1.29, 1.82) is 0 Å². The number of ether oxygens (including phenoxy) is 1. The highest BCUT2D eigenvalue weighted by molar-refractivity contribution is 8.01. The lowest BCUT2D eigenvalue weighted by atomic mass is 10.4. The molecule has 0 aliphatic rings. The molecule has 4 nitrogen and oxygen atoms in total. The number of aromatic nitrogens is 2. The van der Waals surface area contributed by atoms with Gasteiger partial charge in [-0.3, -0.25) is 0 Å². The Hall–Kier alpha value is -1.11. The summed E-state index contributed by atoms with van der Waals surface area (Å²) in [6, 6.07) is 7.38. The summed E-state index contributed by atoms with van der Waals surface area (Å²) in [5, 5.41) is 8.69. The first-order valence-electron chi connectivity index (χ1n) is 5.13. The Morgan fingerprint density at radius 2 is 2.11 bits per heavy atom. The number of carbonyl (C=O) groups is 1. The molecular formula is C11H9ClN2O2S2. The van der Waals surface area contributed by atoms with Crippen molar-refractivity contribution in [2.24, 2.45) is 0 Å². The molecule has 0 bridgehead atoms. The van der Waals surface area contributed by atoms with E-state index in [1.165, 1.54) is 23.1 Å². The second kappa shape index (κ2) is 6.17. The summed E-state index contributed by atoms with van der Waals surface area (Å²) in [5.74, 6) is -0.432. The van der Waals surface area contributed by atoms with Gasteiger partial charge in [-0.05, 0) is 31.2 Å². The number of nitrogens with zero attached hydrogens (tertiary/aromatic N) is 2. The normalized spacial score (nSPS) is 10.3. The zero-order valence-electron chi connectivity index (χ0n) is 9.42. The molecule has 1 aromatic heterocycles. The largest absolute Gasteiger partial charge is 0.461 e. The zero-order valence-corrected chi connectivity index (χ0v) is 11.8. The van der Waals surface area contributed by atoms with Crippen LogP contribution in [0.15, 0.2) is 33.5 Å². The number of halogens is 1. The average molecular weight is 301 g/mol. The molecule has 0 spiro atoms. The summed E-state index contributed by atoms with van der Waals surface area (Å²) in [4.78, 5) is 12.4. The van der Waals surface area contributed by atoms with Gasteiger partial charge in [-0.2, -0.15) is 0 Å². The van der Waals surface area contributed by atoms with Crippen LogP contribution in [0, 0.1) is 0 Å². The molecule has 2 aromatic rings. The van der Waals surface area contributed by atoms with Gasteiger partial charge in [0.1, 0.15) is 0 Å². The van der Waals surface area contributed by atoms with Gasteiger partial charge >= 0.3 is 5.97 Å². The number of rotatable bonds is 4. The van der Waals surface area contributed by atoms with Crippen LogP contribution in [0.1, 0.15) is 16.7 Å². The van der Waals surface area contributed by atoms with E-state index >= 15 is 0 Å². The number of hydrogen-bond acceptors (Lipinski definition) is 6. The molecule has 0 aliphatic carbocycles. The average Bonchev–Trinajstić information content (AvgIpc) is 2.81. The molecule has 18 heavy (non-hydrogen) atoms. The number of benzene rings is 1. The van der Waals surface area contributed by atoms with Crippen LogP contribution in [-0.2, 0) is 4.74 Å². The molecule has 0 radical (unpaired) electrons. The fraction of sp³-hybridized carbons (Fsp3) is 0.182. The molecule has 1 aromatic carbocycles. The van der Waals surface area contributed by atoms with E-state index in [-0.39, 0.29) is 5.01 Å². The lowest BCUT2D eigenvalue weighted by Crippen LogP contribution is -2.03. The van der Waals surface area contributed by atoms with Crippen LogP contribution >= 0.6 is 34.7 Å². The fourth-order valence-corrected chi connectivity index (χ4v) is 2.97. The van der Waals surface area contributed by atoms with Gasteiger partial charge in [0, 0.05) is 9.92 Å². The monoisotopic (exact) mass is 300 g/mol. The quantitative estimate of drug-likeness (QED) is 0.809. The highest BCUT2D eigenvalue weighted by atomic mass is 35.5. The lowest BCUT2D eigenvalue weighted by molar-refractivity contribution is 0.0525.